The van der Waals surface area contributed by atoms with Gasteiger partial charge in [0.2, 0.25) is 5.91 Å². The third-order valence-corrected chi connectivity index (χ3v) is 3.21. The minimum atomic E-state index is -0.249. The van der Waals surface area contributed by atoms with Crippen LogP contribution >= 0.6 is 0 Å². The van der Waals surface area contributed by atoms with Gasteiger partial charge in [0, 0.05) is 12.1 Å². The molecule has 21 heavy (non-hydrogen) atoms. The molecule has 0 aromatic heterocycles. The van der Waals surface area contributed by atoms with Gasteiger partial charge in [-0.1, -0.05) is 19.1 Å². The molecule has 1 amide bonds. The molecule has 1 aromatic carbocycles. The van der Waals surface area contributed by atoms with Crippen molar-refractivity contribution >= 4 is 17.6 Å². The van der Waals surface area contributed by atoms with Crippen molar-refractivity contribution in [1.82, 2.24) is 4.90 Å². The number of amides is 1. The first-order chi connectivity index (χ1) is 10.0. The summed E-state index contributed by atoms with van der Waals surface area (Å²) in [6, 6.07) is 7.72. The number of nitrogens with zero attached hydrogens (tertiary/aromatic N) is 1. The van der Waals surface area contributed by atoms with Gasteiger partial charge in [-0.25, -0.2) is 0 Å². The summed E-state index contributed by atoms with van der Waals surface area (Å²) in [6.07, 6.45) is 1.15. The monoisotopic (exact) mass is 292 g/mol. The molecule has 0 aliphatic rings. The van der Waals surface area contributed by atoms with E-state index in [9.17, 15) is 9.59 Å². The summed E-state index contributed by atoms with van der Waals surface area (Å²) >= 11 is 0. The van der Waals surface area contributed by atoms with Crippen LogP contribution in [0.25, 0.3) is 0 Å². The molecular formula is C16H24N2O3. The molecule has 0 saturated heterocycles. The van der Waals surface area contributed by atoms with E-state index in [0.717, 1.165) is 17.8 Å². The average molecular weight is 292 g/mol. The number of methoxy groups -OCH3 is 1. The van der Waals surface area contributed by atoms with E-state index in [1.165, 1.54) is 7.11 Å². The maximum atomic E-state index is 11.9. The van der Waals surface area contributed by atoms with Gasteiger partial charge in [0.1, 0.15) is 0 Å². The van der Waals surface area contributed by atoms with Gasteiger partial charge >= 0.3 is 5.97 Å². The fourth-order valence-electron chi connectivity index (χ4n) is 2.01. The molecule has 0 aliphatic heterocycles. The molecular weight excluding hydrogens is 268 g/mol. The van der Waals surface area contributed by atoms with Crippen LogP contribution in [0.4, 0.5) is 5.69 Å². The highest BCUT2D eigenvalue weighted by Gasteiger charge is 2.10. The van der Waals surface area contributed by atoms with Crippen molar-refractivity contribution in [3.63, 3.8) is 0 Å². The quantitative estimate of drug-likeness (QED) is 0.746. The van der Waals surface area contributed by atoms with Crippen LogP contribution in [0.2, 0.25) is 0 Å². The number of ether oxygens (including phenoxy) is 1. The third-order valence-electron chi connectivity index (χ3n) is 3.21. The zero-order chi connectivity index (χ0) is 15.7. The van der Waals surface area contributed by atoms with Crippen molar-refractivity contribution in [3.05, 3.63) is 29.8 Å². The van der Waals surface area contributed by atoms with Crippen LogP contribution in [0.3, 0.4) is 0 Å². The van der Waals surface area contributed by atoms with Gasteiger partial charge in [0.15, 0.2) is 0 Å². The summed E-state index contributed by atoms with van der Waals surface area (Å²) in [5.41, 5.74) is 1.94. The minimum Gasteiger partial charge on any atom is -0.468 e. The Hall–Kier alpha value is -1.88. The molecule has 1 rings (SSSR count). The van der Waals surface area contributed by atoms with Crippen molar-refractivity contribution in [1.29, 1.82) is 0 Å². The van der Waals surface area contributed by atoms with E-state index in [1.54, 1.807) is 0 Å². The first kappa shape index (κ1) is 17.2. The van der Waals surface area contributed by atoms with Gasteiger partial charge in [0.25, 0.3) is 0 Å². The highest BCUT2D eigenvalue weighted by Crippen LogP contribution is 2.10. The summed E-state index contributed by atoms with van der Waals surface area (Å²) in [6.45, 7) is 5.70. The van der Waals surface area contributed by atoms with Gasteiger partial charge in [-0.2, -0.15) is 0 Å². The van der Waals surface area contributed by atoms with Crippen LogP contribution in [0.15, 0.2) is 24.3 Å². The predicted molar refractivity (Wildman–Crippen MR) is 83.2 cm³/mol. The lowest BCUT2D eigenvalue weighted by Gasteiger charge is -2.18. The number of hydrogen-bond acceptors (Lipinski definition) is 4. The Kier molecular flexibility index (Phi) is 7.46. The number of esters is 1. The number of hydrogen-bond donors (Lipinski definition) is 1. The van der Waals surface area contributed by atoms with Crippen LogP contribution in [-0.2, 0) is 14.3 Å². The fourth-order valence-corrected chi connectivity index (χ4v) is 2.01. The van der Waals surface area contributed by atoms with E-state index in [4.69, 9.17) is 0 Å². The van der Waals surface area contributed by atoms with E-state index in [2.05, 4.69) is 10.1 Å². The highest BCUT2D eigenvalue weighted by atomic mass is 16.5. The Morgan fingerprint density at radius 2 is 2.10 bits per heavy atom. The van der Waals surface area contributed by atoms with Crippen LogP contribution in [0, 0.1) is 6.92 Å². The molecule has 0 atom stereocenters. The first-order valence-electron chi connectivity index (χ1n) is 7.20. The number of benzene rings is 1. The van der Waals surface area contributed by atoms with Crippen LogP contribution in [0.1, 0.15) is 25.3 Å². The number of carbonyl (C=O) groups is 2. The zero-order valence-corrected chi connectivity index (χ0v) is 13.0. The van der Waals surface area contributed by atoms with Crippen molar-refractivity contribution in [2.24, 2.45) is 0 Å². The van der Waals surface area contributed by atoms with Crippen LogP contribution in [0.5, 0.6) is 0 Å². The molecule has 0 aliphatic carbocycles. The third kappa shape index (κ3) is 6.90. The molecule has 5 nitrogen and oxygen atoms in total. The summed E-state index contributed by atoms with van der Waals surface area (Å²) < 4.78 is 4.64. The number of likely N-dealkylation sites (N-methyl/N-ethyl adjacent to an activating group) is 1. The number of nitrogens with one attached hydrogen (secondary N) is 1. The Morgan fingerprint density at radius 3 is 2.71 bits per heavy atom. The van der Waals surface area contributed by atoms with Crippen molar-refractivity contribution < 1.29 is 14.3 Å². The molecule has 5 heteroatoms. The Balaban J connectivity index is 2.31. The van der Waals surface area contributed by atoms with Crippen LogP contribution < -0.4 is 5.32 Å². The topological polar surface area (TPSA) is 58.6 Å². The lowest BCUT2D eigenvalue weighted by atomic mass is 10.2. The smallest absolute Gasteiger partial charge is 0.319 e. The maximum absolute atomic E-state index is 11.9. The second-order valence-corrected chi connectivity index (χ2v) is 4.97. The molecule has 0 spiro atoms. The van der Waals surface area contributed by atoms with Gasteiger partial charge in [0.05, 0.1) is 13.7 Å². The maximum Gasteiger partial charge on any atom is 0.319 e. The predicted octanol–water partition coefficient (Wildman–Crippen LogP) is 2.21. The molecule has 0 fully saturated rings. The number of aryl methyl sites for hydroxylation is 1. The summed E-state index contributed by atoms with van der Waals surface area (Å²) in [4.78, 5) is 25.0. The molecule has 0 radical (unpaired) electrons. The number of rotatable bonds is 8. The largest absolute Gasteiger partial charge is 0.468 e. The van der Waals surface area contributed by atoms with E-state index >= 15 is 0 Å². The number of anilines is 1. The van der Waals surface area contributed by atoms with Crippen LogP contribution in [-0.4, -0.2) is 43.5 Å². The van der Waals surface area contributed by atoms with Gasteiger partial charge in [-0.05, 0) is 44.1 Å². The standard InChI is InChI=1S/C16H24N2O3/c1-4-18(12-16(20)21-3)10-6-9-15(19)17-14-8-5-7-13(2)11-14/h5,7-8,11H,4,6,9-10,12H2,1-3H3,(H,17,19). The summed E-state index contributed by atoms with van der Waals surface area (Å²) in [5, 5.41) is 2.88. The molecule has 0 bridgehead atoms. The van der Waals surface area contributed by atoms with E-state index in [0.29, 0.717) is 19.4 Å². The fraction of sp³-hybridized carbons (Fsp3) is 0.500. The van der Waals surface area contributed by atoms with Crippen molar-refractivity contribution in [2.45, 2.75) is 26.7 Å². The molecule has 0 unspecified atom stereocenters. The van der Waals surface area contributed by atoms with E-state index < -0.39 is 0 Å². The zero-order valence-electron chi connectivity index (χ0n) is 13.0. The van der Waals surface area contributed by atoms with E-state index in [1.807, 2.05) is 43.0 Å². The Morgan fingerprint density at radius 1 is 1.33 bits per heavy atom. The molecule has 0 heterocycles. The SMILES string of the molecule is CCN(CCCC(=O)Nc1cccc(C)c1)CC(=O)OC. The van der Waals surface area contributed by atoms with Gasteiger partial charge in [-0.15, -0.1) is 0 Å². The summed E-state index contributed by atoms with van der Waals surface area (Å²) in [5.74, 6) is -0.254. The lowest BCUT2D eigenvalue weighted by molar-refractivity contribution is -0.141. The Bertz CT molecular complexity index is 474. The minimum absolute atomic E-state index is 0.00489. The van der Waals surface area contributed by atoms with E-state index in [-0.39, 0.29) is 18.4 Å². The highest BCUT2D eigenvalue weighted by molar-refractivity contribution is 5.90. The molecule has 1 N–H and O–H groups in total. The van der Waals surface area contributed by atoms with Crippen molar-refractivity contribution in [2.75, 3.05) is 32.1 Å². The van der Waals surface area contributed by atoms with Gasteiger partial charge < -0.3 is 10.1 Å². The normalized spacial score (nSPS) is 10.5. The second-order valence-electron chi connectivity index (χ2n) is 4.97. The first-order valence-corrected chi connectivity index (χ1v) is 7.20. The Labute approximate surface area is 126 Å². The van der Waals surface area contributed by atoms with Crippen molar-refractivity contribution in [3.8, 4) is 0 Å². The summed E-state index contributed by atoms with van der Waals surface area (Å²) in [7, 11) is 1.38. The molecule has 1 aromatic rings. The molecule has 0 saturated carbocycles. The second kappa shape index (κ2) is 9.13. The average Bonchev–Trinajstić information content (AvgIpc) is 2.45. The molecule has 116 valence electrons. The number of carbonyl (C=O) groups excluding carboxylic acids is 2. The lowest BCUT2D eigenvalue weighted by Crippen LogP contribution is -2.31. The van der Waals surface area contributed by atoms with Gasteiger partial charge in [-0.3, -0.25) is 14.5 Å².